The second-order valence-corrected chi connectivity index (χ2v) is 10.1. The van der Waals surface area contributed by atoms with Gasteiger partial charge in [0.05, 0.1) is 67.4 Å². The zero-order valence-corrected chi connectivity index (χ0v) is 24.8. The predicted molar refractivity (Wildman–Crippen MR) is 166 cm³/mol. The highest BCUT2D eigenvalue weighted by Gasteiger charge is 2.32. The minimum Gasteiger partial charge on any atom is -0.493 e. The minimum absolute atomic E-state index is 0.133. The summed E-state index contributed by atoms with van der Waals surface area (Å²) in [5.41, 5.74) is 0.415. The fraction of sp³-hybridized carbons (Fsp3) is 0.290. The van der Waals surface area contributed by atoms with Crippen LogP contribution in [0.5, 0.6) is 28.7 Å². The van der Waals surface area contributed by atoms with Gasteiger partial charge in [-0.05, 0) is 55.3 Å². The third-order valence-corrected chi connectivity index (χ3v) is 6.79. The van der Waals surface area contributed by atoms with Crippen LogP contribution in [0.15, 0.2) is 36.4 Å². The summed E-state index contributed by atoms with van der Waals surface area (Å²) in [5, 5.41) is 9.08. The van der Waals surface area contributed by atoms with Crippen molar-refractivity contribution in [3.8, 4) is 28.7 Å². The summed E-state index contributed by atoms with van der Waals surface area (Å²) in [7, 11) is -8.57. The number of amides is 4. The molecule has 0 fully saturated rings. The Bertz CT molecular complexity index is 1950. The van der Waals surface area contributed by atoms with Gasteiger partial charge in [-0.1, -0.05) is 17.7 Å². The summed E-state index contributed by atoms with van der Waals surface area (Å²) in [5.74, 6) is -6.33. The first-order valence-electron chi connectivity index (χ1n) is 17.5. The Balaban J connectivity index is 1.86. The van der Waals surface area contributed by atoms with E-state index in [0.29, 0.717) is 6.07 Å². The molecule has 0 aromatic heterocycles. The van der Waals surface area contributed by atoms with E-state index in [0.717, 1.165) is 17.2 Å². The van der Waals surface area contributed by atoms with Crippen molar-refractivity contribution in [3.05, 3.63) is 63.7 Å². The highest BCUT2D eigenvalue weighted by molar-refractivity contribution is 6.36. The van der Waals surface area contributed by atoms with Crippen molar-refractivity contribution in [2.24, 2.45) is 0 Å². The Morgan fingerprint density at radius 2 is 1.67 bits per heavy atom. The maximum Gasteiger partial charge on any atom is 0.257 e. The van der Waals surface area contributed by atoms with Crippen LogP contribution in [-0.2, 0) is 14.3 Å². The highest BCUT2D eigenvalue weighted by Crippen LogP contribution is 2.45. The van der Waals surface area contributed by atoms with Gasteiger partial charge in [-0.3, -0.25) is 19.2 Å². The zero-order chi connectivity index (χ0) is 40.3. The molecule has 4 rings (SSSR count). The van der Waals surface area contributed by atoms with Crippen molar-refractivity contribution < 1.29 is 55.2 Å². The number of carbonyl (C=O) groups excluding carboxylic acids is 4. The quantitative estimate of drug-likeness (QED) is 0.223. The molecule has 45 heavy (non-hydrogen) atoms. The van der Waals surface area contributed by atoms with E-state index in [1.807, 2.05) is 6.07 Å². The molecule has 14 heteroatoms. The van der Waals surface area contributed by atoms with Crippen molar-refractivity contribution in [3.63, 3.8) is 0 Å². The normalized spacial score (nSPS) is 17.7. The molecule has 0 spiro atoms. The number of ether oxygens (including phenoxy) is 5. The molecule has 1 atom stereocenters. The number of nitrogens with one attached hydrogen (secondary N) is 4. The standard InChI is InChI=1S/C31H33ClN4O9/c1-15-7-16(2)9-17(8-15)45-23-10-18-20(34-31(40)22(36-29(18)38)13-25(37)33-14-41-3)12-21(23)35-30(39)19-11-24(42-4)27(43-5)28(44-6)26(19)32/h7-12,22H,13-14H2,1-6H3,(H,33,37)(H,34,40)(H,35,39)(H,36,38)/t22-/m0/s1/i4D3,5D3,6D3. The lowest BCUT2D eigenvalue weighted by Crippen LogP contribution is -2.44. The van der Waals surface area contributed by atoms with Gasteiger partial charge in [0.1, 0.15) is 18.5 Å². The summed E-state index contributed by atoms with van der Waals surface area (Å²) < 4.78 is 93.5. The summed E-state index contributed by atoms with van der Waals surface area (Å²) in [4.78, 5) is 52.9. The molecule has 0 saturated heterocycles. The Kier molecular flexibility index (Phi) is 7.09. The monoisotopic (exact) mass is 649 g/mol. The zero-order valence-electron chi connectivity index (χ0n) is 33.0. The van der Waals surface area contributed by atoms with Crippen LogP contribution in [0.3, 0.4) is 0 Å². The van der Waals surface area contributed by atoms with E-state index in [1.54, 1.807) is 26.0 Å². The van der Waals surface area contributed by atoms with E-state index in [-0.39, 0.29) is 35.2 Å². The molecule has 1 heterocycles. The highest BCUT2D eigenvalue weighted by atomic mass is 35.5. The van der Waals surface area contributed by atoms with Crippen LogP contribution in [-0.4, -0.2) is 64.6 Å². The van der Waals surface area contributed by atoms with Crippen LogP contribution < -0.4 is 40.2 Å². The third kappa shape index (κ3) is 7.39. The minimum atomic E-state index is -3.33. The lowest BCUT2D eigenvalue weighted by Gasteiger charge is -2.18. The maximum absolute atomic E-state index is 14.0. The van der Waals surface area contributed by atoms with Gasteiger partial charge in [0.15, 0.2) is 17.2 Å². The Morgan fingerprint density at radius 1 is 0.956 bits per heavy atom. The number of fused-ring (bicyclic) bond motifs is 1. The van der Waals surface area contributed by atoms with Crippen LogP contribution in [0.25, 0.3) is 0 Å². The van der Waals surface area contributed by atoms with Crippen LogP contribution >= 0.6 is 11.6 Å². The molecular weight excluding hydrogens is 608 g/mol. The van der Waals surface area contributed by atoms with Gasteiger partial charge < -0.3 is 45.0 Å². The number of hydrogen-bond acceptors (Lipinski definition) is 9. The van der Waals surface area contributed by atoms with Gasteiger partial charge in [0.2, 0.25) is 17.6 Å². The lowest BCUT2D eigenvalue weighted by atomic mass is 10.1. The predicted octanol–water partition coefficient (Wildman–Crippen LogP) is 4.19. The molecule has 0 bridgehead atoms. The van der Waals surface area contributed by atoms with E-state index in [1.165, 1.54) is 13.2 Å². The van der Waals surface area contributed by atoms with E-state index in [2.05, 4.69) is 21.3 Å². The smallest absolute Gasteiger partial charge is 0.257 e. The number of hydrogen-bond donors (Lipinski definition) is 4. The Hall–Kier alpha value is -5.01. The van der Waals surface area contributed by atoms with Crippen LogP contribution in [0.1, 0.15) is 50.6 Å². The van der Waals surface area contributed by atoms with E-state index in [4.69, 9.17) is 47.6 Å². The fourth-order valence-electron chi connectivity index (χ4n) is 4.46. The Morgan fingerprint density at radius 3 is 2.36 bits per heavy atom. The molecule has 0 radical (unpaired) electrons. The fourth-order valence-corrected chi connectivity index (χ4v) is 4.72. The number of anilines is 2. The lowest BCUT2D eigenvalue weighted by molar-refractivity contribution is -0.126. The first-order chi connectivity index (χ1) is 24.9. The number of carbonyl (C=O) groups is 4. The topological polar surface area (TPSA) is 163 Å². The summed E-state index contributed by atoms with van der Waals surface area (Å²) in [6.45, 7) is 3.45. The second-order valence-electron chi connectivity index (χ2n) is 9.73. The first kappa shape index (κ1) is 22.5. The average molecular weight is 650 g/mol. The molecule has 1 aliphatic heterocycles. The van der Waals surface area contributed by atoms with Crippen LogP contribution in [0.4, 0.5) is 11.4 Å². The van der Waals surface area contributed by atoms with Crippen LogP contribution in [0.2, 0.25) is 5.02 Å². The number of methoxy groups -OCH3 is 4. The Labute approximate surface area is 277 Å². The maximum atomic E-state index is 14.0. The molecule has 0 saturated carbocycles. The number of aryl methyl sites for hydroxylation is 2. The van der Waals surface area contributed by atoms with Crippen molar-refractivity contribution in [1.82, 2.24) is 10.6 Å². The molecule has 0 aliphatic carbocycles. The van der Waals surface area contributed by atoms with Gasteiger partial charge in [-0.15, -0.1) is 0 Å². The largest absolute Gasteiger partial charge is 0.493 e. The van der Waals surface area contributed by atoms with Crippen LogP contribution in [0, 0.1) is 13.8 Å². The summed E-state index contributed by atoms with van der Waals surface area (Å²) in [6, 6.07) is 6.89. The van der Waals surface area contributed by atoms with E-state index >= 15 is 0 Å². The molecule has 4 amide bonds. The number of rotatable bonds is 11. The van der Waals surface area contributed by atoms with Gasteiger partial charge in [0.25, 0.3) is 11.8 Å². The van der Waals surface area contributed by atoms with E-state index < -0.39 is 85.0 Å². The van der Waals surface area contributed by atoms with Gasteiger partial charge in [-0.25, -0.2) is 0 Å². The molecule has 3 aromatic rings. The third-order valence-electron chi connectivity index (χ3n) is 6.42. The number of benzene rings is 3. The first-order valence-corrected chi connectivity index (χ1v) is 13.4. The van der Waals surface area contributed by atoms with Crippen molar-refractivity contribution in [2.45, 2.75) is 26.3 Å². The summed E-state index contributed by atoms with van der Waals surface area (Å²) >= 11 is 6.44. The molecule has 0 unspecified atom stereocenters. The number of halogens is 1. The van der Waals surface area contributed by atoms with Gasteiger partial charge in [0, 0.05) is 7.11 Å². The SMILES string of the molecule is [2H]C([2H])([2H])Oc1cc(C(=O)Nc2cc3c(cc2Oc2cc(C)cc(C)c2)C(=O)N[C@@H](CC(=O)NCOC)C(=O)N3)c(Cl)c(OC([2H])([2H])[2H])c1OC([2H])([2H])[2H]. The second kappa shape index (κ2) is 14.2. The molecule has 3 aromatic carbocycles. The molecule has 4 N–H and O–H groups in total. The molecule has 238 valence electrons. The molecule has 1 aliphatic rings. The van der Waals surface area contributed by atoms with Gasteiger partial charge >= 0.3 is 0 Å². The summed E-state index contributed by atoms with van der Waals surface area (Å²) in [6.07, 6.45) is -0.453. The van der Waals surface area contributed by atoms with Crippen molar-refractivity contribution >= 4 is 46.6 Å². The average Bonchev–Trinajstić information content (AvgIpc) is 3.11. The molecule has 13 nitrogen and oxygen atoms in total. The van der Waals surface area contributed by atoms with Crippen molar-refractivity contribution in [2.75, 3.05) is 45.6 Å². The van der Waals surface area contributed by atoms with Crippen molar-refractivity contribution in [1.29, 1.82) is 0 Å². The van der Waals surface area contributed by atoms with E-state index in [9.17, 15) is 19.2 Å². The van der Waals surface area contributed by atoms with Gasteiger partial charge in [-0.2, -0.15) is 0 Å². The molecular formula is C31H33ClN4O9.